The van der Waals surface area contributed by atoms with E-state index in [-0.39, 0.29) is 10.5 Å². The number of allylic oxidation sites excluding steroid dienone is 2. The summed E-state index contributed by atoms with van der Waals surface area (Å²) in [5.41, 5.74) is 4.09. The molecule has 0 bridgehead atoms. The van der Waals surface area contributed by atoms with Gasteiger partial charge >= 0.3 is 0 Å². The largest absolute Gasteiger partial charge is 0.280 e. The first-order valence-electron chi connectivity index (χ1n) is 8.84. The number of carbonyl (C=O) groups excluding carboxylic acids is 1. The molecule has 28 heavy (non-hydrogen) atoms. The van der Waals surface area contributed by atoms with Crippen LogP contribution in [0.2, 0.25) is 5.02 Å². The number of sulfonamides is 1. The Morgan fingerprint density at radius 3 is 2.75 bits per heavy atom. The van der Waals surface area contributed by atoms with Crippen LogP contribution in [0, 0.1) is 11.8 Å². The molecule has 2 N–H and O–H groups in total. The minimum atomic E-state index is -3.86. The SMILES string of the molecule is O=C(N/N=C1/C[C@H]2C=CC[C@H]12)c1cccc(S(=O)(=O)Nc2cccc(Cl)c2)c1. The van der Waals surface area contributed by atoms with Crippen LogP contribution < -0.4 is 10.1 Å². The summed E-state index contributed by atoms with van der Waals surface area (Å²) in [7, 11) is -3.86. The summed E-state index contributed by atoms with van der Waals surface area (Å²) in [5, 5.41) is 4.63. The van der Waals surface area contributed by atoms with Crippen LogP contribution in [0.5, 0.6) is 0 Å². The Morgan fingerprint density at radius 2 is 1.96 bits per heavy atom. The van der Waals surface area contributed by atoms with Crippen molar-refractivity contribution in [2.75, 3.05) is 4.72 Å². The summed E-state index contributed by atoms with van der Waals surface area (Å²) in [4.78, 5) is 12.4. The third kappa shape index (κ3) is 3.81. The van der Waals surface area contributed by atoms with E-state index in [0.29, 0.717) is 22.5 Å². The van der Waals surface area contributed by atoms with Gasteiger partial charge < -0.3 is 0 Å². The molecule has 2 atom stereocenters. The summed E-state index contributed by atoms with van der Waals surface area (Å²) >= 11 is 5.89. The fraction of sp³-hybridized carbons (Fsp3) is 0.200. The molecule has 2 aliphatic rings. The fourth-order valence-corrected chi connectivity index (χ4v) is 4.71. The second-order valence-corrected chi connectivity index (χ2v) is 8.94. The number of hydrogen-bond donors (Lipinski definition) is 2. The number of carbonyl (C=O) groups is 1. The van der Waals surface area contributed by atoms with Crippen molar-refractivity contribution in [3.63, 3.8) is 0 Å². The zero-order chi connectivity index (χ0) is 19.7. The lowest BCUT2D eigenvalue weighted by atomic mass is 9.74. The Labute approximate surface area is 168 Å². The van der Waals surface area contributed by atoms with Gasteiger partial charge in [-0.15, -0.1) is 0 Å². The average Bonchev–Trinajstić information content (AvgIpc) is 3.02. The second kappa shape index (κ2) is 7.41. The number of hydrogen-bond acceptors (Lipinski definition) is 4. The molecule has 0 aliphatic heterocycles. The van der Waals surface area contributed by atoms with Crippen molar-refractivity contribution in [1.82, 2.24) is 5.43 Å². The van der Waals surface area contributed by atoms with Gasteiger partial charge in [-0.25, -0.2) is 13.8 Å². The van der Waals surface area contributed by atoms with Crippen molar-refractivity contribution in [3.8, 4) is 0 Å². The van der Waals surface area contributed by atoms with E-state index in [0.717, 1.165) is 18.6 Å². The molecule has 4 rings (SSSR count). The molecule has 1 amide bonds. The van der Waals surface area contributed by atoms with Gasteiger partial charge in [0.1, 0.15) is 0 Å². The number of halogens is 1. The Bertz CT molecular complexity index is 1100. The first-order chi connectivity index (χ1) is 13.4. The second-order valence-electron chi connectivity index (χ2n) is 6.83. The van der Waals surface area contributed by atoms with E-state index in [1.165, 1.54) is 24.3 Å². The third-order valence-electron chi connectivity index (χ3n) is 4.95. The molecule has 2 aliphatic carbocycles. The molecule has 6 nitrogen and oxygen atoms in total. The zero-order valence-electron chi connectivity index (χ0n) is 14.8. The van der Waals surface area contributed by atoms with Crippen LogP contribution in [0.4, 0.5) is 5.69 Å². The molecule has 0 heterocycles. The molecule has 1 fully saturated rings. The van der Waals surface area contributed by atoms with Crippen molar-refractivity contribution in [3.05, 3.63) is 71.3 Å². The van der Waals surface area contributed by atoms with Crippen LogP contribution in [-0.2, 0) is 10.0 Å². The van der Waals surface area contributed by atoms with Gasteiger partial charge in [0.15, 0.2) is 0 Å². The summed E-state index contributed by atoms with van der Waals surface area (Å²) in [6.07, 6.45) is 6.15. The van der Waals surface area contributed by atoms with Crippen LogP contribution >= 0.6 is 11.6 Å². The maximum Gasteiger partial charge on any atom is 0.271 e. The third-order valence-corrected chi connectivity index (χ3v) is 6.56. The zero-order valence-corrected chi connectivity index (χ0v) is 16.4. The molecule has 144 valence electrons. The van der Waals surface area contributed by atoms with E-state index in [2.05, 4.69) is 27.4 Å². The average molecular weight is 416 g/mol. The number of fused-ring (bicyclic) bond motifs is 1. The summed E-state index contributed by atoms with van der Waals surface area (Å²) in [6.45, 7) is 0. The molecular weight excluding hydrogens is 398 g/mol. The van der Waals surface area contributed by atoms with Crippen LogP contribution in [0.1, 0.15) is 23.2 Å². The van der Waals surface area contributed by atoms with E-state index in [1.54, 1.807) is 24.3 Å². The Balaban J connectivity index is 1.47. The fourth-order valence-electron chi connectivity index (χ4n) is 3.42. The molecule has 2 aromatic carbocycles. The lowest BCUT2D eigenvalue weighted by Gasteiger charge is -2.31. The lowest BCUT2D eigenvalue weighted by Crippen LogP contribution is -2.35. The summed E-state index contributed by atoms with van der Waals surface area (Å²) in [5.74, 6) is 0.498. The van der Waals surface area contributed by atoms with Gasteiger partial charge in [-0.3, -0.25) is 9.52 Å². The van der Waals surface area contributed by atoms with Crippen molar-refractivity contribution in [2.24, 2.45) is 16.9 Å². The van der Waals surface area contributed by atoms with E-state index in [1.807, 2.05) is 0 Å². The van der Waals surface area contributed by atoms with Crippen molar-refractivity contribution >= 4 is 38.9 Å². The van der Waals surface area contributed by atoms with Gasteiger partial charge in [-0.05, 0) is 55.2 Å². The number of nitrogens with one attached hydrogen (secondary N) is 2. The Hall–Kier alpha value is -2.64. The first kappa shape index (κ1) is 18.7. The standard InChI is InChI=1S/C20H18ClN3O3S/c21-15-6-3-7-16(12-15)24-28(26,27)17-8-1-5-14(10-17)20(25)23-22-19-11-13-4-2-9-18(13)19/h1-8,10,12-13,18,24H,9,11H2,(H,23,25)/b22-19-/t13-,18+/m1/s1. The molecule has 0 radical (unpaired) electrons. The number of rotatable bonds is 5. The predicted octanol–water partition coefficient (Wildman–Crippen LogP) is 3.82. The van der Waals surface area contributed by atoms with Crippen molar-refractivity contribution < 1.29 is 13.2 Å². The van der Waals surface area contributed by atoms with Gasteiger partial charge in [0.2, 0.25) is 0 Å². The van der Waals surface area contributed by atoms with E-state index >= 15 is 0 Å². The predicted molar refractivity (Wildman–Crippen MR) is 109 cm³/mol. The van der Waals surface area contributed by atoms with E-state index < -0.39 is 15.9 Å². The summed E-state index contributed by atoms with van der Waals surface area (Å²) in [6, 6.07) is 12.2. The highest BCUT2D eigenvalue weighted by atomic mass is 35.5. The molecule has 0 unspecified atom stereocenters. The molecule has 8 heteroatoms. The van der Waals surface area contributed by atoms with Crippen LogP contribution in [0.3, 0.4) is 0 Å². The Morgan fingerprint density at radius 1 is 1.14 bits per heavy atom. The molecule has 0 aromatic heterocycles. The Kier molecular flexibility index (Phi) is 4.95. The highest BCUT2D eigenvalue weighted by Crippen LogP contribution is 2.40. The van der Waals surface area contributed by atoms with Gasteiger partial charge in [-0.1, -0.05) is 35.9 Å². The maximum absolute atomic E-state index is 12.6. The minimum absolute atomic E-state index is 0.0171. The number of nitrogens with zero attached hydrogens (tertiary/aromatic N) is 1. The highest BCUT2D eigenvalue weighted by molar-refractivity contribution is 7.92. The van der Waals surface area contributed by atoms with Crippen LogP contribution in [0.25, 0.3) is 0 Å². The van der Waals surface area contributed by atoms with Gasteiger partial charge in [0, 0.05) is 22.2 Å². The number of anilines is 1. The minimum Gasteiger partial charge on any atom is -0.280 e. The highest BCUT2D eigenvalue weighted by Gasteiger charge is 2.38. The van der Waals surface area contributed by atoms with Gasteiger partial charge in [0.05, 0.1) is 10.6 Å². The molecule has 0 spiro atoms. The quantitative estimate of drug-likeness (QED) is 0.574. The van der Waals surface area contributed by atoms with Crippen molar-refractivity contribution in [1.29, 1.82) is 0 Å². The van der Waals surface area contributed by atoms with Crippen LogP contribution in [-0.4, -0.2) is 20.0 Å². The monoisotopic (exact) mass is 415 g/mol. The first-order valence-corrected chi connectivity index (χ1v) is 10.7. The molecule has 1 saturated carbocycles. The molecule has 0 saturated heterocycles. The lowest BCUT2D eigenvalue weighted by molar-refractivity contribution is 0.0953. The van der Waals surface area contributed by atoms with E-state index in [4.69, 9.17) is 11.6 Å². The smallest absolute Gasteiger partial charge is 0.271 e. The topological polar surface area (TPSA) is 87.6 Å². The maximum atomic E-state index is 12.6. The normalized spacial score (nSPS) is 21.8. The molecule has 2 aromatic rings. The number of amides is 1. The number of benzene rings is 2. The number of hydrazone groups is 1. The summed E-state index contributed by atoms with van der Waals surface area (Å²) < 4.78 is 27.7. The van der Waals surface area contributed by atoms with Gasteiger partial charge in [-0.2, -0.15) is 5.10 Å². The van der Waals surface area contributed by atoms with E-state index in [9.17, 15) is 13.2 Å². The van der Waals surface area contributed by atoms with Crippen molar-refractivity contribution in [2.45, 2.75) is 17.7 Å². The van der Waals surface area contributed by atoms with Gasteiger partial charge in [0.25, 0.3) is 15.9 Å². The van der Waals surface area contributed by atoms with Crippen LogP contribution in [0.15, 0.2) is 70.7 Å². The molecular formula is C20H18ClN3O3S.